The maximum Gasteiger partial charge on any atom is 0.269 e. The van der Waals surface area contributed by atoms with Crippen molar-refractivity contribution in [1.82, 2.24) is 4.90 Å². The summed E-state index contributed by atoms with van der Waals surface area (Å²) in [4.78, 5) is 39.5. The van der Waals surface area contributed by atoms with E-state index in [2.05, 4.69) is 13.8 Å². The maximum atomic E-state index is 13.2. The van der Waals surface area contributed by atoms with Crippen molar-refractivity contribution in [2.75, 3.05) is 26.2 Å². The Bertz CT molecular complexity index is 1050. The maximum absolute atomic E-state index is 13.2. The molecule has 0 fully saturated rings. The van der Waals surface area contributed by atoms with Crippen LogP contribution in [-0.2, 0) is 4.79 Å². The standard InChI is InChI=1S/C23H27N3O6/c1-4-24(5-2)12-7-13-25-20(16-8-6-9-17(14-16)26(30)31)19(22(28)23(25)29)21(27)18-11-10-15(3)32-18/h6,8-11,14,20,28H,4-5,7,12-13H2,1-3H3. The number of carbonyl (C=O) groups excluding carboxylic acids is 2. The van der Waals surface area contributed by atoms with Gasteiger partial charge in [0.15, 0.2) is 5.76 Å². The predicted molar refractivity (Wildman–Crippen MR) is 114 cm³/mol. The Balaban J connectivity index is 2.00. The molecule has 170 valence electrons. The number of quaternary nitrogens is 1. The number of non-ortho nitro benzene ring substituents is 1. The van der Waals surface area contributed by atoms with Crippen LogP contribution in [0, 0.1) is 17.0 Å². The van der Waals surface area contributed by atoms with Crippen LogP contribution in [-0.4, -0.2) is 47.7 Å². The molecule has 9 nitrogen and oxygen atoms in total. The van der Waals surface area contributed by atoms with E-state index in [0.717, 1.165) is 19.6 Å². The molecular weight excluding hydrogens is 414 g/mol. The van der Waals surface area contributed by atoms with Gasteiger partial charge in [-0.1, -0.05) is 12.1 Å². The van der Waals surface area contributed by atoms with E-state index in [1.54, 1.807) is 19.1 Å². The van der Waals surface area contributed by atoms with Gasteiger partial charge in [0.25, 0.3) is 5.69 Å². The van der Waals surface area contributed by atoms with Crippen LogP contribution in [0.4, 0.5) is 5.69 Å². The van der Waals surface area contributed by atoms with Crippen LogP contribution in [0.5, 0.6) is 0 Å². The van der Waals surface area contributed by atoms with E-state index >= 15 is 0 Å². The van der Waals surface area contributed by atoms with Gasteiger partial charge in [-0.15, -0.1) is 0 Å². The number of aryl methyl sites for hydroxylation is 1. The van der Waals surface area contributed by atoms with Crippen LogP contribution in [0.3, 0.4) is 0 Å². The summed E-state index contributed by atoms with van der Waals surface area (Å²) < 4.78 is 5.40. The minimum atomic E-state index is -1.00. The highest BCUT2D eigenvalue weighted by Gasteiger charge is 2.40. The Labute approximate surface area is 186 Å². The van der Waals surface area contributed by atoms with E-state index in [1.807, 2.05) is 0 Å². The number of amides is 1. The number of carbonyl (C=O) groups is 2. The van der Waals surface area contributed by atoms with Gasteiger partial charge in [-0.25, -0.2) is 0 Å². The Morgan fingerprint density at radius 2 is 1.94 bits per heavy atom. The van der Waals surface area contributed by atoms with Crippen LogP contribution in [0.2, 0.25) is 0 Å². The van der Waals surface area contributed by atoms with Crippen molar-refractivity contribution in [3.8, 4) is 0 Å². The average molecular weight is 441 g/mol. The highest BCUT2D eigenvalue weighted by atomic mass is 16.6. The van der Waals surface area contributed by atoms with Gasteiger partial charge in [0, 0.05) is 30.7 Å². The summed E-state index contributed by atoms with van der Waals surface area (Å²) in [6.45, 7) is 8.75. The lowest BCUT2D eigenvalue weighted by molar-refractivity contribution is -0.896. The first-order valence-electron chi connectivity index (χ1n) is 10.7. The predicted octanol–water partition coefficient (Wildman–Crippen LogP) is 1.19. The first kappa shape index (κ1) is 23.2. The smallest absolute Gasteiger partial charge is 0.269 e. The largest absolute Gasteiger partial charge is 0.868 e. The summed E-state index contributed by atoms with van der Waals surface area (Å²) in [6, 6.07) is 7.76. The van der Waals surface area contributed by atoms with E-state index in [-0.39, 0.29) is 23.6 Å². The summed E-state index contributed by atoms with van der Waals surface area (Å²) in [5, 5.41) is 24.2. The van der Waals surface area contributed by atoms with Crippen LogP contribution >= 0.6 is 0 Å². The van der Waals surface area contributed by atoms with Gasteiger partial charge in [0.1, 0.15) is 5.76 Å². The quantitative estimate of drug-likeness (QED) is 0.336. The van der Waals surface area contributed by atoms with Crippen molar-refractivity contribution >= 4 is 17.4 Å². The molecule has 0 aliphatic carbocycles. The van der Waals surface area contributed by atoms with E-state index in [1.165, 1.54) is 34.1 Å². The molecule has 0 bridgehead atoms. The molecule has 0 radical (unpaired) electrons. The molecule has 32 heavy (non-hydrogen) atoms. The number of ketones is 1. The second-order valence-corrected chi connectivity index (χ2v) is 7.80. The minimum Gasteiger partial charge on any atom is -0.868 e. The Kier molecular flexibility index (Phi) is 7.09. The molecule has 9 heteroatoms. The number of nitro benzene ring substituents is 1. The molecule has 3 rings (SSSR count). The Morgan fingerprint density at radius 3 is 2.53 bits per heavy atom. The van der Waals surface area contributed by atoms with Gasteiger partial charge in [0.2, 0.25) is 11.7 Å². The van der Waals surface area contributed by atoms with Gasteiger partial charge in [-0.3, -0.25) is 19.7 Å². The van der Waals surface area contributed by atoms with Crippen molar-refractivity contribution in [2.24, 2.45) is 0 Å². The first-order valence-corrected chi connectivity index (χ1v) is 10.7. The normalized spacial score (nSPS) is 16.3. The number of Topliss-reactive ketones (excluding diaryl/α,β-unsaturated/α-hetero) is 1. The topological polar surface area (TPSA) is 121 Å². The van der Waals surface area contributed by atoms with Crippen LogP contribution in [0.25, 0.3) is 0 Å². The monoisotopic (exact) mass is 441 g/mol. The number of benzene rings is 1. The highest BCUT2D eigenvalue weighted by molar-refractivity contribution is 6.14. The van der Waals surface area contributed by atoms with Crippen LogP contribution < -0.4 is 10.0 Å². The van der Waals surface area contributed by atoms with Gasteiger partial charge >= 0.3 is 0 Å². The van der Waals surface area contributed by atoms with Crippen LogP contribution in [0.1, 0.15) is 48.2 Å². The van der Waals surface area contributed by atoms with Crippen LogP contribution in [0.15, 0.2) is 52.1 Å². The molecule has 1 unspecified atom stereocenters. The number of nitrogens with one attached hydrogen (secondary N) is 1. The highest BCUT2D eigenvalue weighted by Crippen LogP contribution is 2.39. The Hall–Kier alpha value is -3.46. The molecule has 1 aromatic carbocycles. The van der Waals surface area contributed by atoms with E-state index < -0.39 is 28.4 Å². The molecule has 1 aliphatic rings. The van der Waals surface area contributed by atoms with Crippen molar-refractivity contribution in [3.63, 3.8) is 0 Å². The van der Waals surface area contributed by atoms with Crippen molar-refractivity contribution in [3.05, 3.63) is 74.9 Å². The lowest BCUT2D eigenvalue weighted by Crippen LogP contribution is -3.11. The number of rotatable bonds is 10. The fourth-order valence-electron chi connectivity index (χ4n) is 4.05. The second-order valence-electron chi connectivity index (χ2n) is 7.80. The van der Waals surface area contributed by atoms with Crippen molar-refractivity contribution < 1.29 is 28.9 Å². The summed E-state index contributed by atoms with van der Waals surface area (Å²) in [5.41, 5.74) is -0.0669. The summed E-state index contributed by atoms with van der Waals surface area (Å²) in [6.07, 6.45) is 0.628. The van der Waals surface area contributed by atoms with E-state index in [9.17, 15) is 24.8 Å². The molecule has 0 saturated heterocycles. The molecule has 1 aromatic heterocycles. The minimum absolute atomic E-state index is 0.0384. The summed E-state index contributed by atoms with van der Waals surface area (Å²) in [5.74, 6) is -1.89. The zero-order valence-corrected chi connectivity index (χ0v) is 18.4. The second kappa shape index (κ2) is 9.78. The lowest BCUT2D eigenvalue weighted by Gasteiger charge is -2.28. The number of nitro groups is 1. The zero-order valence-electron chi connectivity index (χ0n) is 18.4. The van der Waals surface area contributed by atoms with Crippen molar-refractivity contribution in [2.45, 2.75) is 33.2 Å². The SMILES string of the molecule is CC[NH+](CC)CCCN1C(=O)C([O-])=C(C(=O)c2ccc(C)o2)C1c1cccc([N+](=O)[O-])c1. The molecular formula is C23H27N3O6. The summed E-state index contributed by atoms with van der Waals surface area (Å²) >= 11 is 0. The average Bonchev–Trinajstić information content (AvgIpc) is 3.33. The zero-order chi connectivity index (χ0) is 23.4. The third-order valence-corrected chi connectivity index (χ3v) is 5.82. The fourth-order valence-corrected chi connectivity index (χ4v) is 4.05. The third-order valence-electron chi connectivity index (χ3n) is 5.82. The molecule has 2 heterocycles. The summed E-state index contributed by atoms with van der Waals surface area (Å²) in [7, 11) is 0. The number of nitrogens with zero attached hydrogens (tertiary/aromatic N) is 2. The lowest BCUT2D eigenvalue weighted by atomic mass is 9.94. The van der Waals surface area contributed by atoms with Gasteiger partial charge < -0.3 is 19.3 Å². The van der Waals surface area contributed by atoms with Gasteiger partial charge in [0.05, 0.1) is 30.6 Å². The molecule has 1 N–H and O–H groups in total. The Morgan fingerprint density at radius 1 is 1.22 bits per heavy atom. The third kappa shape index (κ3) is 4.57. The van der Waals surface area contributed by atoms with Gasteiger partial charge in [-0.2, -0.15) is 0 Å². The van der Waals surface area contributed by atoms with Gasteiger partial charge in [-0.05, 0) is 44.2 Å². The number of furan rings is 1. The molecule has 1 amide bonds. The number of hydrogen-bond acceptors (Lipinski definition) is 6. The molecule has 2 aromatic rings. The molecule has 1 aliphatic heterocycles. The van der Waals surface area contributed by atoms with E-state index in [0.29, 0.717) is 17.7 Å². The first-order chi connectivity index (χ1) is 15.3. The number of hydrogen-bond donors (Lipinski definition) is 1. The van der Waals surface area contributed by atoms with Crippen molar-refractivity contribution in [1.29, 1.82) is 0 Å². The molecule has 1 atom stereocenters. The molecule has 0 spiro atoms. The molecule has 0 saturated carbocycles. The fraction of sp³-hybridized carbons (Fsp3) is 0.391. The van der Waals surface area contributed by atoms with E-state index in [4.69, 9.17) is 4.42 Å².